The van der Waals surface area contributed by atoms with E-state index in [1.807, 2.05) is 0 Å². The Morgan fingerprint density at radius 2 is 2.05 bits per heavy atom. The van der Waals surface area contributed by atoms with Gasteiger partial charge in [-0.25, -0.2) is 0 Å². The number of phenolic OH excluding ortho intramolecular Hbond substituents is 1. The summed E-state index contributed by atoms with van der Waals surface area (Å²) in [5.41, 5.74) is 0.478. The highest BCUT2D eigenvalue weighted by atomic mass is 79.9. The van der Waals surface area contributed by atoms with Crippen molar-refractivity contribution in [3.63, 3.8) is 0 Å². The van der Waals surface area contributed by atoms with Gasteiger partial charge in [-0.15, -0.1) is 11.6 Å². The molecule has 0 saturated heterocycles. The van der Waals surface area contributed by atoms with Crippen LogP contribution in [0, 0.1) is 5.92 Å². The number of carbonyl (C=O) groups excluding carboxylic acids is 1. The van der Waals surface area contributed by atoms with Gasteiger partial charge in [0.15, 0.2) is 0 Å². The first-order chi connectivity index (χ1) is 9.06. The molecule has 1 aliphatic carbocycles. The Bertz CT molecular complexity index is 459. The van der Waals surface area contributed by atoms with Crippen LogP contribution in [-0.4, -0.2) is 22.9 Å². The number of halogens is 2. The van der Waals surface area contributed by atoms with Crippen LogP contribution in [0.5, 0.6) is 5.75 Å². The van der Waals surface area contributed by atoms with Gasteiger partial charge in [-0.1, -0.05) is 0 Å². The fourth-order valence-electron chi connectivity index (χ4n) is 2.32. The van der Waals surface area contributed by atoms with E-state index < -0.39 is 0 Å². The van der Waals surface area contributed by atoms with Gasteiger partial charge in [0.1, 0.15) is 5.75 Å². The molecule has 0 spiro atoms. The van der Waals surface area contributed by atoms with E-state index in [1.165, 1.54) is 6.07 Å². The maximum Gasteiger partial charge on any atom is 0.251 e. The van der Waals surface area contributed by atoms with Crippen LogP contribution in [-0.2, 0) is 0 Å². The first-order valence-corrected chi connectivity index (χ1v) is 7.70. The summed E-state index contributed by atoms with van der Waals surface area (Å²) in [5.74, 6) is 0.453. The standard InChI is InChI=1S/C14H17BrClNO2/c15-12-6-3-10(7-13(12)18)14(19)17-8-9-1-4-11(16)5-2-9/h3,6-7,9,11,18H,1-2,4-5,8H2,(H,17,19). The summed E-state index contributed by atoms with van der Waals surface area (Å²) >= 11 is 9.24. The van der Waals surface area contributed by atoms with E-state index in [2.05, 4.69) is 21.2 Å². The summed E-state index contributed by atoms with van der Waals surface area (Å²) in [6.07, 6.45) is 4.20. The Morgan fingerprint density at radius 1 is 1.37 bits per heavy atom. The Kier molecular flexibility index (Phi) is 5.11. The van der Waals surface area contributed by atoms with Crippen LogP contribution in [0.1, 0.15) is 36.0 Å². The minimum absolute atomic E-state index is 0.0790. The van der Waals surface area contributed by atoms with Crippen molar-refractivity contribution in [1.82, 2.24) is 5.32 Å². The smallest absolute Gasteiger partial charge is 0.251 e. The number of nitrogens with one attached hydrogen (secondary N) is 1. The topological polar surface area (TPSA) is 49.3 Å². The molecule has 104 valence electrons. The molecule has 0 heterocycles. The lowest BCUT2D eigenvalue weighted by Gasteiger charge is -2.25. The molecule has 0 aliphatic heterocycles. The van der Waals surface area contributed by atoms with Crippen LogP contribution in [0.3, 0.4) is 0 Å². The van der Waals surface area contributed by atoms with E-state index in [-0.39, 0.29) is 11.7 Å². The lowest BCUT2D eigenvalue weighted by molar-refractivity contribution is 0.0943. The monoisotopic (exact) mass is 345 g/mol. The summed E-state index contributed by atoms with van der Waals surface area (Å²) in [5, 5.41) is 12.8. The predicted octanol–water partition coefficient (Wildman–Crippen LogP) is 3.68. The Labute approximate surface area is 126 Å². The third-order valence-electron chi connectivity index (χ3n) is 3.54. The fourth-order valence-corrected chi connectivity index (χ4v) is 2.82. The van der Waals surface area contributed by atoms with Crippen LogP contribution in [0.2, 0.25) is 0 Å². The van der Waals surface area contributed by atoms with Crippen LogP contribution in [0.15, 0.2) is 22.7 Å². The number of hydrogen-bond donors (Lipinski definition) is 2. The van der Waals surface area contributed by atoms with Crippen LogP contribution in [0.4, 0.5) is 0 Å². The van der Waals surface area contributed by atoms with E-state index in [9.17, 15) is 9.90 Å². The molecular formula is C14H17BrClNO2. The molecule has 0 unspecified atom stereocenters. The van der Waals surface area contributed by atoms with Gasteiger partial charge in [0.2, 0.25) is 0 Å². The second kappa shape index (κ2) is 6.62. The zero-order chi connectivity index (χ0) is 13.8. The first kappa shape index (κ1) is 14.7. The van der Waals surface area contributed by atoms with E-state index >= 15 is 0 Å². The number of rotatable bonds is 3. The molecule has 2 N–H and O–H groups in total. The van der Waals surface area contributed by atoms with Gasteiger partial charge < -0.3 is 10.4 Å². The van der Waals surface area contributed by atoms with Gasteiger partial charge in [0.25, 0.3) is 5.91 Å². The molecule has 1 saturated carbocycles. The fraction of sp³-hybridized carbons (Fsp3) is 0.500. The molecule has 0 atom stereocenters. The second-order valence-electron chi connectivity index (χ2n) is 4.99. The highest BCUT2D eigenvalue weighted by molar-refractivity contribution is 9.10. The number of alkyl halides is 1. The van der Waals surface area contributed by atoms with Crippen LogP contribution >= 0.6 is 27.5 Å². The average molecular weight is 347 g/mol. The summed E-state index contributed by atoms with van der Waals surface area (Å²) in [4.78, 5) is 12.0. The third kappa shape index (κ3) is 4.11. The SMILES string of the molecule is O=C(NCC1CCC(Cl)CC1)c1ccc(Br)c(O)c1. The van der Waals surface area contributed by atoms with Crippen molar-refractivity contribution in [1.29, 1.82) is 0 Å². The number of amides is 1. The van der Waals surface area contributed by atoms with E-state index in [0.717, 1.165) is 25.7 Å². The maximum absolute atomic E-state index is 12.0. The molecule has 3 nitrogen and oxygen atoms in total. The number of aromatic hydroxyl groups is 1. The van der Waals surface area contributed by atoms with Crippen LogP contribution in [0.25, 0.3) is 0 Å². The summed E-state index contributed by atoms with van der Waals surface area (Å²) < 4.78 is 0.587. The lowest BCUT2D eigenvalue weighted by Crippen LogP contribution is -2.31. The Morgan fingerprint density at radius 3 is 2.68 bits per heavy atom. The van der Waals surface area contributed by atoms with Crippen molar-refractivity contribution in [2.75, 3.05) is 6.54 Å². The minimum Gasteiger partial charge on any atom is -0.507 e. The molecule has 0 radical (unpaired) electrons. The molecular weight excluding hydrogens is 330 g/mol. The normalized spacial score (nSPS) is 23.1. The maximum atomic E-state index is 12.0. The van der Waals surface area contributed by atoms with Gasteiger partial charge in [0, 0.05) is 17.5 Å². The van der Waals surface area contributed by atoms with E-state index in [0.29, 0.717) is 27.9 Å². The largest absolute Gasteiger partial charge is 0.507 e. The Balaban J connectivity index is 1.85. The molecule has 19 heavy (non-hydrogen) atoms. The molecule has 1 fully saturated rings. The minimum atomic E-state index is -0.143. The van der Waals surface area contributed by atoms with E-state index in [1.54, 1.807) is 12.1 Å². The van der Waals surface area contributed by atoms with Crippen molar-refractivity contribution in [3.05, 3.63) is 28.2 Å². The van der Waals surface area contributed by atoms with Crippen molar-refractivity contribution in [3.8, 4) is 5.75 Å². The predicted molar refractivity (Wildman–Crippen MR) is 79.7 cm³/mol. The quantitative estimate of drug-likeness (QED) is 0.820. The van der Waals surface area contributed by atoms with E-state index in [4.69, 9.17) is 11.6 Å². The number of phenols is 1. The lowest BCUT2D eigenvalue weighted by atomic mass is 9.89. The highest BCUT2D eigenvalue weighted by Gasteiger charge is 2.20. The third-order valence-corrected chi connectivity index (χ3v) is 4.64. The number of benzene rings is 1. The molecule has 0 bridgehead atoms. The molecule has 1 amide bonds. The van der Waals surface area contributed by atoms with Gasteiger partial charge in [-0.05, 0) is 65.7 Å². The van der Waals surface area contributed by atoms with Gasteiger partial charge >= 0.3 is 0 Å². The second-order valence-corrected chi connectivity index (χ2v) is 6.47. The van der Waals surface area contributed by atoms with Gasteiger partial charge in [-0.2, -0.15) is 0 Å². The van der Waals surface area contributed by atoms with Crippen molar-refractivity contribution in [2.24, 2.45) is 5.92 Å². The van der Waals surface area contributed by atoms with Gasteiger partial charge in [-0.3, -0.25) is 4.79 Å². The zero-order valence-electron chi connectivity index (χ0n) is 10.5. The summed E-state index contributed by atoms with van der Waals surface area (Å²) in [6, 6.07) is 4.83. The Hall–Kier alpha value is -0.740. The zero-order valence-corrected chi connectivity index (χ0v) is 12.9. The highest BCUT2D eigenvalue weighted by Crippen LogP contribution is 2.27. The van der Waals surface area contributed by atoms with Gasteiger partial charge in [0.05, 0.1) is 4.47 Å². The van der Waals surface area contributed by atoms with Crippen molar-refractivity contribution >= 4 is 33.4 Å². The molecule has 0 aromatic heterocycles. The molecule has 1 aliphatic rings. The molecule has 1 aromatic rings. The van der Waals surface area contributed by atoms with Crippen molar-refractivity contribution in [2.45, 2.75) is 31.1 Å². The number of carbonyl (C=O) groups is 1. The van der Waals surface area contributed by atoms with Crippen molar-refractivity contribution < 1.29 is 9.90 Å². The average Bonchev–Trinajstić information content (AvgIpc) is 2.41. The molecule has 5 heteroatoms. The first-order valence-electron chi connectivity index (χ1n) is 6.47. The summed E-state index contributed by atoms with van der Waals surface area (Å²) in [7, 11) is 0. The number of hydrogen-bond acceptors (Lipinski definition) is 2. The van der Waals surface area contributed by atoms with Crippen LogP contribution < -0.4 is 5.32 Å². The summed E-state index contributed by atoms with van der Waals surface area (Å²) in [6.45, 7) is 0.680. The molecule has 2 rings (SSSR count). The molecule has 1 aromatic carbocycles.